The quantitative estimate of drug-likeness (QED) is 0.767. The van der Waals surface area contributed by atoms with Gasteiger partial charge in [-0.2, -0.15) is 0 Å². The second-order valence-electron chi connectivity index (χ2n) is 5.43. The number of amides is 1. The van der Waals surface area contributed by atoms with Crippen LogP contribution in [0, 0.1) is 0 Å². The highest BCUT2D eigenvalue weighted by molar-refractivity contribution is 5.94. The maximum Gasteiger partial charge on any atom is 0.254 e. The van der Waals surface area contributed by atoms with Gasteiger partial charge in [0.1, 0.15) is 0 Å². The molecule has 0 aliphatic heterocycles. The lowest BCUT2D eigenvalue weighted by Crippen LogP contribution is -2.37. The molecule has 0 N–H and O–H groups in total. The van der Waals surface area contributed by atoms with Crippen molar-refractivity contribution in [1.82, 2.24) is 9.47 Å². The summed E-state index contributed by atoms with van der Waals surface area (Å²) in [5.74, 6) is -0.0374. The van der Waals surface area contributed by atoms with Crippen molar-refractivity contribution >= 4 is 5.91 Å². The molecule has 1 aliphatic carbocycles. The van der Waals surface area contributed by atoms with E-state index in [-0.39, 0.29) is 11.5 Å². The third-order valence-electron chi connectivity index (χ3n) is 4.04. The SMILES string of the molecule is CN(C(=O)c1ccn(C)c(=O)c1)C1CCCCCC1. The summed E-state index contributed by atoms with van der Waals surface area (Å²) in [4.78, 5) is 25.8. The summed E-state index contributed by atoms with van der Waals surface area (Å²) in [5, 5.41) is 0. The molecule has 4 heteroatoms. The van der Waals surface area contributed by atoms with E-state index < -0.39 is 0 Å². The number of pyridine rings is 1. The van der Waals surface area contributed by atoms with Crippen LogP contribution in [0.2, 0.25) is 0 Å². The average molecular weight is 262 g/mol. The van der Waals surface area contributed by atoms with Crippen molar-refractivity contribution in [3.63, 3.8) is 0 Å². The van der Waals surface area contributed by atoms with E-state index in [2.05, 4.69) is 0 Å². The van der Waals surface area contributed by atoms with Crippen molar-refractivity contribution in [2.45, 2.75) is 44.6 Å². The fourth-order valence-electron chi connectivity index (χ4n) is 2.70. The highest BCUT2D eigenvalue weighted by Gasteiger charge is 2.22. The standard InChI is InChI=1S/C15H22N2O2/c1-16-10-9-12(11-14(16)18)15(19)17(2)13-7-5-3-4-6-8-13/h9-11,13H,3-8H2,1-2H3. The van der Waals surface area contributed by atoms with Gasteiger partial charge in [0.25, 0.3) is 11.5 Å². The molecule has 1 amide bonds. The van der Waals surface area contributed by atoms with Gasteiger partial charge < -0.3 is 9.47 Å². The van der Waals surface area contributed by atoms with Crippen molar-refractivity contribution in [2.75, 3.05) is 7.05 Å². The van der Waals surface area contributed by atoms with Gasteiger partial charge in [0, 0.05) is 38.0 Å². The minimum absolute atomic E-state index is 0.0374. The Balaban J connectivity index is 2.13. The molecule has 0 bridgehead atoms. The lowest BCUT2D eigenvalue weighted by molar-refractivity contribution is 0.0717. The number of carbonyl (C=O) groups excluding carboxylic acids is 1. The zero-order valence-corrected chi connectivity index (χ0v) is 11.8. The predicted molar refractivity (Wildman–Crippen MR) is 75.3 cm³/mol. The molecular weight excluding hydrogens is 240 g/mol. The average Bonchev–Trinajstić information content (AvgIpc) is 2.69. The fourth-order valence-corrected chi connectivity index (χ4v) is 2.70. The Morgan fingerprint density at radius 2 is 1.89 bits per heavy atom. The van der Waals surface area contributed by atoms with Gasteiger partial charge in [-0.05, 0) is 18.9 Å². The van der Waals surface area contributed by atoms with Crippen LogP contribution in [0.3, 0.4) is 0 Å². The summed E-state index contributed by atoms with van der Waals surface area (Å²) in [7, 11) is 3.54. The van der Waals surface area contributed by atoms with Crippen LogP contribution in [0.25, 0.3) is 0 Å². The van der Waals surface area contributed by atoms with E-state index in [0.717, 1.165) is 12.8 Å². The zero-order chi connectivity index (χ0) is 13.8. The van der Waals surface area contributed by atoms with Gasteiger partial charge in [-0.15, -0.1) is 0 Å². The summed E-state index contributed by atoms with van der Waals surface area (Å²) in [6.07, 6.45) is 8.73. The molecule has 1 aromatic heterocycles. The van der Waals surface area contributed by atoms with Gasteiger partial charge in [0.15, 0.2) is 0 Å². The Labute approximate surface area is 114 Å². The van der Waals surface area contributed by atoms with Crippen LogP contribution in [0.1, 0.15) is 48.9 Å². The molecule has 1 saturated carbocycles. The molecule has 0 atom stereocenters. The molecule has 0 radical (unpaired) electrons. The van der Waals surface area contributed by atoms with E-state index in [1.54, 1.807) is 19.3 Å². The predicted octanol–water partition coefficient (Wildman–Crippen LogP) is 2.18. The number of carbonyl (C=O) groups is 1. The molecule has 1 fully saturated rings. The van der Waals surface area contributed by atoms with E-state index in [0.29, 0.717) is 11.6 Å². The summed E-state index contributed by atoms with van der Waals surface area (Å²) in [5.41, 5.74) is 0.356. The first-order valence-corrected chi connectivity index (χ1v) is 7.03. The summed E-state index contributed by atoms with van der Waals surface area (Å²) in [6, 6.07) is 3.46. The number of rotatable bonds is 2. The molecule has 4 nitrogen and oxygen atoms in total. The van der Waals surface area contributed by atoms with Crippen LogP contribution >= 0.6 is 0 Å². The molecule has 104 valence electrons. The van der Waals surface area contributed by atoms with Gasteiger partial charge in [0.2, 0.25) is 0 Å². The number of hydrogen-bond acceptors (Lipinski definition) is 2. The molecule has 1 heterocycles. The van der Waals surface area contributed by atoms with Crippen LogP contribution < -0.4 is 5.56 Å². The summed E-state index contributed by atoms with van der Waals surface area (Å²) < 4.78 is 1.47. The van der Waals surface area contributed by atoms with Gasteiger partial charge >= 0.3 is 0 Å². The van der Waals surface area contributed by atoms with E-state index in [4.69, 9.17) is 0 Å². The molecule has 0 spiro atoms. The number of aromatic nitrogens is 1. The molecule has 0 unspecified atom stereocenters. The monoisotopic (exact) mass is 262 g/mol. The van der Waals surface area contributed by atoms with Crippen LogP contribution in [0.15, 0.2) is 23.1 Å². The van der Waals surface area contributed by atoms with Gasteiger partial charge in [-0.3, -0.25) is 9.59 Å². The highest BCUT2D eigenvalue weighted by Crippen LogP contribution is 2.22. The van der Waals surface area contributed by atoms with Crippen molar-refractivity contribution < 1.29 is 4.79 Å². The Kier molecular flexibility index (Phi) is 4.40. The second kappa shape index (κ2) is 6.04. The third kappa shape index (κ3) is 3.25. The Morgan fingerprint density at radius 3 is 2.47 bits per heavy atom. The molecule has 1 aliphatic rings. The molecule has 2 rings (SSSR count). The Bertz CT molecular complexity index is 499. The smallest absolute Gasteiger partial charge is 0.254 e. The second-order valence-corrected chi connectivity index (χ2v) is 5.43. The third-order valence-corrected chi connectivity index (χ3v) is 4.04. The van der Waals surface area contributed by atoms with Crippen molar-refractivity contribution in [2.24, 2.45) is 7.05 Å². The molecule has 19 heavy (non-hydrogen) atoms. The Hall–Kier alpha value is -1.58. The summed E-state index contributed by atoms with van der Waals surface area (Å²) in [6.45, 7) is 0. The highest BCUT2D eigenvalue weighted by atomic mass is 16.2. The molecule has 0 aromatic carbocycles. The van der Waals surface area contributed by atoms with Crippen LogP contribution in [-0.4, -0.2) is 28.5 Å². The normalized spacial score (nSPS) is 16.9. The minimum atomic E-state index is -0.139. The maximum atomic E-state index is 12.4. The zero-order valence-electron chi connectivity index (χ0n) is 11.8. The van der Waals surface area contributed by atoms with Crippen LogP contribution in [0.4, 0.5) is 0 Å². The van der Waals surface area contributed by atoms with Crippen LogP contribution in [-0.2, 0) is 7.05 Å². The molecule has 0 saturated heterocycles. The van der Waals surface area contributed by atoms with E-state index >= 15 is 0 Å². The lowest BCUT2D eigenvalue weighted by atomic mass is 10.1. The summed E-state index contributed by atoms with van der Waals surface area (Å²) >= 11 is 0. The minimum Gasteiger partial charge on any atom is -0.339 e. The van der Waals surface area contributed by atoms with Crippen molar-refractivity contribution in [3.8, 4) is 0 Å². The van der Waals surface area contributed by atoms with Gasteiger partial charge in [-0.25, -0.2) is 0 Å². The Morgan fingerprint density at radius 1 is 1.26 bits per heavy atom. The lowest BCUT2D eigenvalue weighted by Gasteiger charge is -2.27. The molecule has 1 aromatic rings. The first kappa shape index (κ1) is 13.8. The number of aryl methyl sites for hydroxylation is 1. The molecular formula is C15H22N2O2. The fraction of sp³-hybridized carbons (Fsp3) is 0.600. The first-order chi connectivity index (χ1) is 9.09. The van der Waals surface area contributed by atoms with Gasteiger partial charge in [-0.1, -0.05) is 25.7 Å². The van der Waals surface area contributed by atoms with Crippen LogP contribution in [0.5, 0.6) is 0 Å². The van der Waals surface area contributed by atoms with E-state index in [1.165, 1.54) is 36.3 Å². The maximum absolute atomic E-state index is 12.4. The van der Waals surface area contributed by atoms with E-state index in [1.807, 2.05) is 11.9 Å². The van der Waals surface area contributed by atoms with Crippen molar-refractivity contribution in [3.05, 3.63) is 34.2 Å². The number of hydrogen-bond donors (Lipinski definition) is 0. The van der Waals surface area contributed by atoms with E-state index in [9.17, 15) is 9.59 Å². The topological polar surface area (TPSA) is 42.3 Å². The first-order valence-electron chi connectivity index (χ1n) is 7.03. The van der Waals surface area contributed by atoms with Gasteiger partial charge in [0.05, 0.1) is 0 Å². The number of nitrogens with zero attached hydrogens (tertiary/aromatic N) is 2. The largest absolute Gasteiger partial charge is 0.339 e. The van der Waals surface area contributed by atoms with Crippen molar-refractivity contribution in [1.29, 1.82) is 0 Å².